The highest BCUT2D eigenvalue weighted by atomic mass is 35.5. The molecule has 3 aromatic rings. The molecule has 0 atom stereocenters. The summed E-state index contributed by atoms with van der Waals surface area (Å²) < 4.78 is 5.90. The first-order valence-electron chi connectivity index (χ1n) is 9.96. The summed E-state index contributed by atoms with van der Waals surface area (Å²) in [6, 6.07) is 18.2. The summed E-state index contributed by atoms with van der Waals surface area (Å²) in [5.74, 6) is 1.10. The van der Waals surface area contributed by atoms with Crippen molar-refractivity contribution in [2.75, 3.05) is 38.0 Å². The Hall–Kier alpha value is -2.87. The van der Waals surface area contributed by atoms with Crippen LogP contribution in [0.25, 0.3) is 0 Å². The first-order valence-corrected chi connectivity index (χ1v) is 11.2. The van der Waals surface area contributed by atoms with Gasteiger partial charge in [-0.15, -0.1) is 11.3 Å². The second-order valence-electron chi connectivity index (χ2n) is 7.15. The summed E-state index contributed by atoms with van der Waals surface area (Å²) in [6.45, 7) is 2.73. The summed E-state index contributed by atoms with van der Waals surface area (Å²) in [5, 5.41) is 5.32. The summed E-state index contributed by atoms with van der Waals surface area (Å²) >= 11 is 7.58. The lowest BCUT2D eigenvalue weighted by Gasteiger charge is -2.34. The van der Waals surface area contributed by atoms with Gasteiger partial charge in [0, 0.05) is 31.2 Å². The number of carbonyl (C=O) groups excluding carboxylic acids is 2. The number of hydrogen-bond donors (Lipinski definition) is 1. The Labute approximate surface area is 190 Å². The maximum Gasteiger partial charge on any atom is 0.264 e. The summed E-state index contributed by atoms with van der Waals surface area (Å²) in [4.78, 5) is 29.8. The molecular weight excluding hydrogens is 434 g/mol. The van der Waals surface area contributed by atoms with E-state index < -0.39 is 0 Å². The number of anilines is 1. The van der Waals surface area contributed by atoms with Crippen LogP contribution in [0.3, 0.4) is 0 Å². The van der Waals surface area contributed by atoms with Gasteiger partial charge in [0.15, 0.2) is 5.75 Å². The van der Waals surface area contributed by atoms with E-state index in [4.69, 9.17) is 16.3 Å². The van der Waals surface area contributed by atoms with Crippen LogP contribution < -0.4 is 10.1 Å². The number of hydrogen-bond acceptors (Lipinski definition) is 5. The molecule has 1 aliphatic heterocycles. The molecule has 1 fully saturated rings. The highest BCUT2D eigenvalue weighted by Gasteiger charge is 2.24. The molecule has 0 bridgehead atoms. The van der Waals surface area contributed by atoms with Crippen LogP contribution in [0.5, 0.6) is 11.5 Å². The number of rotatable bonds is 6. The molecule has 1 saturated heterocycles. The average Bonchev–Trinajstić information content (AvgIpc) is 3.31. The lowest BCUT2D eigenvalue weighted by Crippen LogP contribution is -2.50. The van der Waals surface area contributed by atoms with Crippen molar-refractivity contribution in [2.45, 2.75) is 0 Å². The standard InChI is InChI=1S/C23H22ClN3O3S/c24-17-8-9-20(30-18-5-2-1-3-6-18)19(15-17)25-22(28)16-26-10-12-27(13-11-26)23(29)21-7-4-14-31-21/h1-9,14-15H,10-13,16H2,(H,25,28). The Morgan fingerprint density at radius 3 is 2.48 bits per heavy atom. The molecule has 1 aliphatic rings. The van der Waals surface area contributed by atoms with E-state index >= 15 is 0 Å². The van der Waals surface area contributed by atoms with E-state index in [0.29, 0.717) is 48.4 Å². The van der Waals surface area contributed by atoms with Gasteiger partial charge in [-0.2, -0.15) is 0 Å². The lowest BCUT2D eigenvalue weighted by molar-refractivity contribution is -0.117. The van der Waals surface area contributed by atoms with Crippen molar-refractivity contribution in [3.05, 3.63) is 75.9 Å². The Morgan fingerprint density at radius 1 is 1.00 bits per heavy atom. The Kier molecular flexibility index (Phi) is 6.86. The van der Waals surface area contributed by atoms with Gasteiger partial charge >= 0.3 is 0 Å². The first kappa shape index (κ1) is 21.4. The second kappa shape index (κ2) is 9.96. The molecule has 2 heterocycles. The van der Waals surface area contributed by atoms with Crippen molar-refractivity contribution in [3.63, 3.8) is 0 Å². The van der Waals surface area contributed by atoms with Crippen molar-refractivity contribution in [3.8, 4) is 11.5 Å². The minimum Gasteiger partial charge on any atom is -0.455 e. The fourth-order valence-corrected chi connectivity index (χ4v) is 4.23. The normalized spacial score (nSPS) is 14.3. The predicted molar refractivity (Wildman–Crippen MR) is 123 cm³/mol. The van der Waals surface area contributed by atoms with Crippen LogP contribution in [0.4, 0.5) is 5.69 Å². The quantitative estimate of drug-likeness (QED) is 0.590. The molecular formula is C23H22ClN3O3S. The van der Waals surface area contributed by atoms with Crippen LogP contribution in [-0.2, 0) is 4.79 Å². The van der Waals surface area contributed by atoms with Gasteiger partial charge in [0.05, 0.1) is 17.1 Å². The van der Waals surface area contributed by atoms with Gasteiger partial charge < -0.3 is 15.0 Å². The van der Waals surface area contributed by atoms with E-state index in [1.165, 1.54) is 11.3 Å². The molecule has 0 saturated carbocycles. The number of amides is 2. The largest absolute Gasteiger partial charge is 0.455 e. The zero-order valence-corrected chi connectivity index (χ0v) is 18.4. The lowest BCUT2D eigenvalue weighted by atomic mass is 10.2. The number of benzene rings is 2. The van der Waals surface area contributed by atoms with Gasteiger partial charge in [-0.25, -0.2) is 0 Å². The SMILES string of the molecule is O=C(CN1CCN(C(=O)c2cccs2)CC1)Nc1cc(Cl)ccc1Oc1ccccc1. The van der Waals surface area contributed by atoms with Crippen molar-refractivity contribution >= 4 is 40.4 Å². The third-order valence-electron chi connectivity index (χ3n) is 4.95. The van der Waals surface area contributed by atoms with Crippen LogP contribution in [0.15, 0.2) is 66.0 Å². The maximum atomic E-state index is 12.7. The summed E-state index contributed by atoms with van der Waals surface area (Å²) in [5.41, 5.74) is 0.521. The molecule has 0 radical (unpaired) electrons. The molecule has 4 rings (SSSR count). The molecule has 1 aromatic heterocycles. The molecule has 0 aliphatic carbocycles. The Balaban J connectivity index is 1.33. The van der Waals surface area contributed by atoms with E-state index in [-0.39, 0.29) is 18.4 Å². The van der Waals surface area contributed by atoms with Crippen LogP contribution in [-0.4, -0.2) is 54.3 Å². The number of halogens is 1. The highest BCUT2D eigenvalue weighted by Crippen LogP contribution is 2.32. The molecule has 2 amide bonds. The predicted octanol–water partition coefficient (Wildman–Crippen LogP) is 4.59. The maximum absolute atomic E-state index is 12.7. The van der Waals surface area contributed by atoms with Gasteiger partial charge in [-0.3, -0.25) is 14.5 Å². The van der Waals surface area contributed by atoms with Crippen LogP contribution in [0, 0.1) is 0 Å². The van der Waals surface area contributed by atoms with E-state index in [0.717, 1.165) is 4.88 Å². The Morgan fingerprint density at radius 2 is 1.77 bits per heavy atom. The number of ether oxygens (including phenoxy) is 1. The van der Waals surface area contributed by atoms with Crippen molar-refractivity contribution < 1.29 is 14.3 Å². The number of carbonyl (C=O) groups is 2. The van der Waals surface area contributed by atoms with Crippen molar-refractivity contribution in [2.24, 2.45) is 0 Å². The third kappa shape index (κ3) is 5.64. The van der Waals surface area contributed by atoms with Crippen molar-refractivity contribution in [1.82, 2.24) is 9.80 Å². The Bertz CT molecular complexity index is 1040. The van der Waals surface area contributed by atoms with Crippen LogP contribution in [0.1, 0.15) is 9.67 Å². The number of piperazine rings is 1. The van der Waals surface area contributed by atoms with Gasteiger partial charge in [0.2, 0.25) is 5.91 Å². The van der Waals surface area contributed by atoms with Crippen molar-refractivity contribution in [1.29, 1.82) is 0 Å². The third-order valence-corrected chi connectivity index (χ3v) is 6.04. The molecule has 0 unspecified atom stereocenters. The molecule has 0 spiro atoms. The fourth-order valence-electron chi connectivity index (χ4n) is 3.36. The average molecular weight is 456 g/mol. The molecule has 1 N–H and O–H groups in total. The monoisotopic (exact) mass is 455 g/mol. The number of nitrogens with one attached hydrogen (secondary N) is 1. The van der Waals surface area contributed by atoms with Crippen LogP contribution >= 0.6 is 22.9 Å². The van der Waals surface area contributed by atoms with E-state index in [2.05, 4.69) is 5.32 Å². The number of para-hydroxylation sites is 1. The highest BCUT2D eigenvalue weighted by molar-refractivity contribution is 7.12. The second-order valence-corrected chi connectivity index (χ2v) is 8.53. The zero-order valence-electron chi connectivity index (χ0n) is 16.8. The minimum atomic E-state index is -0.154. The summed E-state index contributed by atoms with van der Waals surface area (Å²) in [6.07, 6.45) is 0. The van der Waals surface area contributed by atoms with Gasteiger partial charge in [0.25, 0.3) is 5.91 Å². The van der Waals surface area contributed by atoms with Gasteiger partial charge in [-0.1, -0.05) is 35.9 Å². The topological polar surface area (TPSA) is 61.9 Å². The first-order chi connectivity index (χ1) is 15.1. The minimum absolute atomic E-state index is 0.0562. The smallest absolute Gasteiger partial charge is 0.264 e. The molecule has 160 valence electrons. The van der Waals surface area contributed by atoms with Crippen LogP contribution in [0.2, 0.25) is 5.02 Å². The molecule has 2 aromatic carbocycles. The molecule has 31 heavy (non-hydrogen) atoms. The number of thiophene rings is 1. The zero-order chi connectivity index (χ0) is 21.6. The number of nitrogens with zero attached hydrogens (tertiary/aromatic N) is 2. The van der Waals surface area contributed by atoms with Gasteiger partial charge in [-0.05, 0) is 41.8 Å². The van der Waals surface area contributed by atoms with E-state index in [9.17, 15) is 9.59 Å². The molecule has 6 nitrogen and oxygen atoms in total. The fraction of sp³-hybridized carbons (Fsp3) is 0.217. The summed E-state index contributed by atoms with van der Waals surface area (Å²) in [7, 11) is 0. The van der Waals surface area contributed by atoms with E-state index in [1.807, 2.05) is 57.6 Å². The van der Waals surface area contributed by atoms with Gasteiger partial charge in [0.1, 0.15) is 5.75 Å². The van der Waals surface area contributed by atoms with E-state index in [1.54, 1.807) is 18.2 Å². The molecule has 8 heteroatoms.